The van der Waals surface area contributed by atoms with E-state index in [0.717, 1.165) is 0 Å². The van der Waals surface area contributed by atoms with E-state index in [4.69, 9.17) is 14.3 Å². The molecule has 1 amide bonds. The smallest absolute Gasteiger partial charge is 0.408 e. The van der Waals surface area contributed by atoms with Crippen LogP contribution in [0.15, 0.2) is 57.4 Å². The number of hydrogen-bond donors (Lipinski definition) is 3. The van der Waals surface area contributed by atoms with Gasteiger partial charge >= 0.3 is 11.7 Å². The summed E-state index contributed by atoms with van der Waals surface area (Å²) < 4.78 is 34.6. The van der Waals surface area contributed by atoms with Gasteiger partial charge in [-0.15, -0.1) is 0 Å². The van der Waals surface area contributed by atoms with Crippen molar-refractivity contribution in [2.75, 3.05) is 6.61 Å². The molecule has 1 aromatic heterocycles. The van der Waals surface area contributed by atoms with Crippen molar-refractivity contribution in [3.63, 3.8) is 0 Å². The van der Waals surface area contributed by atoms with Crippen LogP contribution in [0.4, 0.5) is 13.6 Å². The minimum Gasteiger partial charge on any atom is -0.507 e. The molecule has 0 spiro atoms. The highest BCUT2D eigenvalue weighted by Gasteiger charge is 2.22. The van der Waals surface area contributed by atoms with Gasteiger partial charge in [0.15, 0.2) is 5.78 Å². The van der Waals surface area contributed by atoms with Crippen LogP contribution < -0.4 is 15.7 Å². The summed E-state index contributed by atoms with van der Waals surface area (Å²) in [6.45, 7) is 2.50. The van der Waals surface area contributed by atoms with Gasteiger partial charge in [0.25, 0.3) is 6.43 Å². The molecule has 0 aliphatic heterocycles. The molecule has 0 radical (unpaired) electrons. The number of carbonyl (C=O) groups is 2. The Bertz CT molecular complexity index is 1120. The molecule has 3 N–H and O–H groups in total. The third kappa shape index (κ3) is 7.88. The second-order valence-electron chi connectivity index (χ2n) is 7.45. The summed E-state index contributed by atoms with van der Waals surface area (Å²) >= 11 is 0. The second-order valence-corrected chi connectivity index (χ2v) is 7.45. The second kappa shape index (κ2) is 12.3. The Morgan fingerprint density at radius 3 is 2.50 bits per heavy atom. The van der Waals surface area contributed by atoms with Gasteiger partial charge in [-0.05, 0) is 49.1 Å². The van der Waals surface area contributed by atoms with Crippen LogP contribution >= 0.6 is 0 Å². The zero-order valence-corrected chi connectivity index (χ0v) is 18.6. The first-order valence-corrected chi connectivity index (χ1v) is 10.3. The highest BCUT2D eigenvalue weighted by molar-refractivity contribution is 6.12. The molecule has 0 saturated carbocycles. The molecule has 1 unspecified atom stereocenters. The molecule has 1 heterocycles. The van der Waals surface area contributed by atoms with Crippen LogP contribution in [-0.2, 0) is 0 Å². The maximum atomic E-state index is 12.8. The minimum absolute atomic E-state index is 0.153. The van der Waals surface area contributed by atoms with Crippen LogP contribution in [0.1, 0.15) is 54.3 Å². The van der Waals surface area contributed by atoms with Crippen molar-refractivity contribution in [3.8, 4) is 11.5 Å². The molecule has 0 saturated heterocycles. The van der Waals surface area contributed by atoms with Gasteiger partial charge < -0.3 is 19.4 Å². The maximum absolute atomic E-state index is 12.8. The van der Waals surface area contributed by atoms with Gasteiger partial charge in [-0.25, -0.2) is 18.4 Å². The number of benzene rings is 1. The fourth-order valence-electron chi connectivity index (χ4n) is 2.99. The van der Waals surface area contributed by atoms with E-state index in [1.807, 2.05) is 0 Å². The number of carbonyl (C=O) groups excluding carboxylic acids is 1. The summed E-state index contributed by atoms with van der Waals surface area (Å²) in [5, 5.41) is 20.9. The highest BCUT2D eigenvalue weighted by Crippen LogP contribution is 2.26. The van der Waals surface area contributed by atoms with Gasteiger partial charge in [-0.2, -0.15) is 0 Å². The topological polar surface area (TPSA) is 126 Å². The van der Waals surface area contributed by atoms with Crippen LogP contribution in [0.5, 0.6) is 11.5 Å². The fourth-order valence-corrected chi connectivity index (χ4v) is 2.99. The van der Waals surface area contributed by atoms with Crippen LogP contribution in [0, 0.1) is 0 Å². The number of halogens is 2. The number of ketones is 1. The van der Waals surface area contributed by atoms with E-state index in [1.54, 1.807) is 25.1 Å². The number of carboxylic acid groups (broad SMARTS) is 1. The SMILES string of the molecule is C/C(=C\c1ccc(OCC(F)F)cc1)C(=O)c1c(O)cc(C(C)CC/C=C/NC(=O)O)oc1=O. The molecule has 0 aliphatic rings. The third-order valence-corrected chi connectivity index (χ3v) is 4.75. The summed E-state index contributed by atoms with van der Waals surface area (Å²) in [5.41, 5.74) is -0.749. The zero-order valence-electron chi connectivity index (χ0n) is 18.6. The van der Waals surface area contributed by atoms with Crippen molar-refractivity contribution in [3.05, 3.63) is 75.5 Å². The molecule has 0 aliphatic carbocycles. The summed E-state index contributed by atoms with van der Waals surface area (Å²) in [4.78, 5) is 35.6. The van der Waals surface area contributed by atoms with E-state index in [0.29, 0.717) is 18.4 Å². The first-order chi connectivity index (χ1) is 16.1. The van der Waals surface area contributed by atoms with E-state index in [2.05, 4.69) is 5.32 Å². The molecular weight excluding hydrogens is 452 g/mol. The Morgan fingerprint density at radius 2 is 1.91 bits per heavy atom. The van der Waals surface area contributed by atoms with Crippen LogP contribution in [0.3, 0.4) is 0 Å². The molecule has 8 nitrogen and oxygen atoms in total. The summed E-state index contributed by atoms with van der Waals surface area (Å²) in [6, 6.07) is 7.29. The van der Waals surface area contributed by atoms with Crippen molar-refractivity contribution < 1.29 is 37.7 Å². The molecule has 1 atom stereocenters. The Kier molecular flexibility index (Phi) is 9.54. The van der Waals surface area contributed by atoms with Gasteiger partial charge in [-0.1, -0.05) is 25.1 Å². The fraction of sp³-hybridized carbons (Fsp3) is 0.292. The Balaban J connectivity index is 2.11. The van der Waals surface area contributed by atoms with Crippen molar-refractivity contribution in [2.24, 2.45) is 0 Å². The molecule has 182 valence electrons. The lowest BCUT2D eigenvalue weighted by molar-refractivity contribution is 0.0819. The Labute approximate surface area is 194 Å². The van der Waals surface area contributed by atoms with Crippen LogP contribution in [0.2, 0.25) is 0 Å². The number of allylic oxidation sites excluding steroid dienone is 2. The molecule has 2 rings (SSSR count). The number of amides is 1. The van der Waals surface area contributed by atoms with Gasteiger partial charge in [0.1, 0.15) is 29.4 Å². The van der Waals surface area contributed by atoms with Crippen molar-refractivity contribution in [1.82, 2.24) is 5.32 Å². The van der Waals surface area contributed by atoms with Gasteiger partial charge in [0, 0.05) is 18.2 Å². The van der Waals surface area contributed by atoms with Crippen LogP contribution in [0.25, 0.3) is 6.08 Å². The number of hydrogen-bond acceptors (Lipinski definition) is 6. The molecule has 1 aromatic carbocycles. The largest absolute Gasteiger partial charge is 0.507 e. The highest BCUT2D eigenvalue weighted by atomic mass is 19.3. The standard InChI is InChI=1S/C24H25F2NO7/c1-14(5-3-4-10-27-24(31)32)19-12-18(28)21(23(30)34-19)22(29)15(2)11-16-6-8-17(9-7-16)33-13-20(25)26/h4,6-12,14,20,27-28H,3,5,13H2,1-2H3,(H,31,32)/b10-4+,15-11+. The van der Waals surface area contributed by atoms with Crippen LogP contribution in [-0.4, -0.2) is 35.1 Å². The van der Waals surface area contributed by atoms with Gasteiger partial charge in [0.05, 0.1) is 0 Å². The molecular formula is C24H25F2NO7. The summed E-state index contributed by atoms with van der Waals surface area (Å²) in [7, 11) is 0. The summed E-state index contributed by atoms with van der Waals surface area (Å²) in [5.74, 6) is -1.06. The van der Waals surface area contributed by atoms with Gasteiger partial charge in [-0.3, -0.25) is 10.1 Å². The van der Waals surface area contributed by atoms with E-state index >= 15 is 0 Å². The van der Waals surface area contributed by atoms with Crippen molar-refractivity contribution >= 4 is 18.0 Å². The zero-order chi connectivity index (χ0) is 25.3. The first-order valence-electron chi connectivity index (χ1n) is 10.3. The van der Waals surface area contributed by atoms with E-state index in [1.165, 1.54) is 37.4 Å². The molecule has 0 bridgehead atoms. The predicted molar refractivity (Wildman–Crippen MR) is 121 cm³/mol. The van der Waals surface area contributed by atoms with Crippen molar-refractivity contribution in [1.29, 1.82) is 0 Å². The average molecular weight is 477 g/mol. The normalized spacial score (nSPS) is 12.7. The number of Topliss-reactive ketones (excluding diaryl/α,β-unsaturated/α-hetero) is 1. The molecule has 0 fully saturated rings. The molecule has 2 aromatic rings. The quantitative estimate of drug-likeness (QED) is 0.309. The van der Waals surface area contributed by atoms with Gasteiger partial charge in [0.2, 0.25) is 0 Å². The Hall–Kier alpha value is -3.95. The van der Waals surface area contributed by atoms with E-state index in [9.17, 15) is 28.3 Å². The monoisotopic (exact) mass is 477 g/mol. The van der Waals surface area contributed by atoms with E-state index in [-0.39, 0.29) is 23.0 Å². The Morgan fingerprint density at radius 1 is 1.24 bits per heavy atom. The summed E-state index contributed by atoms with van der Waals surface area (Å²) in [6.07, 6.45) is 1.58. The van der Waals surface area contributed by atoms with E-state index < -0.39 is 41.8 Å². The molecule has 34 heavy (non-hydrogen) atoms. The third-order valence-electron chi connectivity index (χ3n) is 4.75. The minimum atomic E-state index is -2.59. The number of aromatic hydroxyl groups is 1. The number of nitrogens with one attached hydrogen (secondary N) is 1. The maximum Gasteiger partial charge on any atom is 0.408 e. The lowest BCUT2D eigenvalue weighted by Gasteiger charge is -2.11. The number of ether oxygens (including phenoxy) is 1. The lowest BCUT2D eigenvalue weighted by Crippen LogP contribution is -2.16. The lowest BCUT2D eigenvalue weighted by atomic mass is 9.99. The molecule has 10 heteroatoms. The number of alkyl halides is 2. The van der Waals surface area contributed by atoms with Crippen molar-refractivity contribution in [2.45, 2.75) is 39.0 Å². The first kappa shape index (κ1) is 26.3. The predicted octanol–water partition coefficient (Wildman–Crippen LogP) is 4.94. The number of rotatable bonds is 11. The average Bonchev–Trinajstić information content (AvgIpc) is 2.77.